The van der Waals surface area contributed by atoms with Crippen LogP contribution >= 0.6 is 0 Å². The Morgan fingerprint density at radius 2 is 2.17 bits per heavy atom. The van der Waals surface area contributed by atoms with Crippen molar-refractivity contribution in [3.63, 3.8) is 0 Å². The predicted molar refractivity (Wildman–Crippen MR) is 67.8 cm³/mol. The fraction of sp³-hybridized carbons (Fsp3) is 0.667. The minimum absolute atomic E-state index is 0.0339. The minimum atomic E-state index is -0.746. The Labute approximate surface area is 108 Å². The molecule has 3 heteroatoms. The van der Waals surface area contributed by atoms with Gasteiger partial charge in [-0.3, -0.25) is 0 Å². The van der Waals surface area contributed by atoms with Crippen LogP contribution < -0.4 is 0 Å². The van der Waals surface area contributed by atoms with Gasteiger partial charge in [-0.05, 0) is 43.6 Å². The first-order valence-electron chi connectivity index (χ1n) is 6.68. The molecule has 0 aromatic heterocycles. The Bertz CT molecular complexity index is 460. The topological polar surface area (TPSA) is 46.5 Å². The zero-order valence-electron chi connectivity index (χ0n) is 11.0. The number of hydrogen-bond donors (Lipinski definition) is 1. The number of rotatable bonds is 0. The van der Waals surface area contributed by atoms with Crippen molar-refractivity contribution in [3.8, 4) is 0 Å². The van der Waals surface area contributed by atoms with Crippen LogP contribution in [0.25, 0.3) is 0 Å². The van der Waals surface area contributed by atoms with Gasteiger partial charge < -0.3 is 9.84 Å². The first-order chi connectivity index (χ1) is 8.33. The van der Waals surface area contributed by atoms with Crippen LogP contribution in [0, 0.1) is 11.3 Å². The van der Waals surface area contributed by atoms with Crippen molar-refractivity contribution in [3.05, 3.63) is 23.8 Å². The molecule has 0 aromatic carbocycles. The Balaban J connectivity index is 2.06. The Morgan fingerprint density at radius 1 is 1.44 bits per heavy atom. The maximum Gasteiger partial charge on any atom is 0.334 e. The van der Waals surface area contributed by atoms with Crippen LogP contribution in [0.2, 0.25) is 0 Å². The molecule has 4 unspecified atom stereocenters. The monoisotopic (exact) mass is 248 g/mol. The lowest BCUT2D eigenvalue weighted by Crippen LogP contribution is -2.46. The van der Waals surface area contributed by atoms with Gasteiger partial charge in [-0.1, -0.05) is 19.6 Å². The molecule has 1 N–H and O–H groups in total. The highest BCUT2D eigenvalue weighted by molar-refractivity contribution is 5.91. The lowest BCUT2D eigenvalue weighted by molar-refractivity contribution is -0.140. The maximum atomic E-state index is 11.6. The van der Waals surface area contributed by atoms with E-state index in [0.29, 0.717) is 5.57 Å². The van der Waals surface area contributed by atoms with Crippen molar-refractivity contribution < 1.29 is 14.6 Å². The van der Waals surface area contributed by atoms with Crippen LogP contribution in [0.1, 0.15) is 39.5 Å². The molecule has 98 valence electrons. The van der Waals surface area contributed by atoms with Crippen LogP contribution in [-0.4, -0.2) is 22.8 Å². The highest BCUT2D eigenvalue weighted by atomic mass is 16.6. The standard InChI is InChI=1S/C15H20O3/c1-9-10-7-12-14(2,5-4-6-15(12,3)17)8-11(10)18-13(9)16/h7,10-11,17H,1,4-6,8H2,2-3H3. The second kappa shape index (κ2) is 3.47. The van der Waals surface area contributed by atoms with E-state index in [0.717, 1.165) is 31.3 Å². The summed E-state index contributed by atoms with van der Waals surface area (Å²) < 4.78 is 5.40. The largest absolute Gasteiger partial charge is 0.458 e. The van der Waals surface area contributed by atoms with Gasteiger partial charge in [-0.25, -0.2) is 4.79 Å². The molecule has 0 amide bonds. The molecule has 4 atom stereocenters. The highest BCUT2D eigenvalue weighted by Crippen LogP contribution is 2.54. The molecule has 0 aromatic rings. The average molecular weight is 248 g/mol. The first-order valence-corrected chi connectivity index (χ1v) is 6.68. The molecule has 1 saturated carbocycles. The van der Waals surface area contributed by atoms with Gasteiger partial charge in [0.15, 0.2) is 0 Å². The predicted octanol–water partition coefficient (Wildman–Crippen LogP) is 2.36. The van der Waals surface area contributed by atoms with Crippen molar-refractivity contribution in [2.75, 3.05) is 0 Å². The van der Waals surface area contributed by atoms with Crippen LogP contribution in [0.15, 0.2) is 23.8 Å². The third kappa shape index (κ3) is 1.50. The van der Waals surface area contributed by atoms with Gasteiger partial charge in [0.1, 0.15) is 6.10 Å². The number of esters is 1. The second-order valence-corrected chi connectivity index (χ2v) is 6.47. The molecule has 18 heavy (non-hydrogen) atoms. The molecule has 0 bridgehead atoms. The van der Waals surface area contributed by atoms with Crippen LogP contribution in [-0.2, 0) is 9.53 Å². The zero-order valence-corrected chi connectivity index (χ0v) is 11.0. The van der Waals surface area contributed by atoms with E-state index in [1.807, 2.05) is 6.92 Å². The number of ether oxygens (including phenoxy) is 1. The smallest absolute Gasteiger partial charge is 0.334 e. The summed E-state index contributed by atoms with van der Waals surface area (Å²) >= 11 is 0. The van der Waals surface area contributed by atoms with Crippen molar-refractivity contribution >= 4 is 5.97 Å². The summed E-state index contributed by atoms with van der Waals surface area (Å²) in [5.41, 5.74) is 0.843. The van der Waals surface area contributed by atoms with E-state index in [4.69, 9.17) is 4.74 Å². The number of fused-ring (bicyclic) bond motifs is 2. The van der Waals surface area contributed by atoms with Gasteiger partial charge in [-0.15, -0.1) is 0 Å². The second-order valence-electron chi connectivity index (χ2n) is 6.47. The number of hydrogen-bond acceptors (Lipinski definition) is 3. The molecule has 1 saturated heterocycles. The summed E-state index contributed by atoms with van der Waals surface area (Å²) in [6.07, 6.45) is 5.67. The van der Waals surface area contributed by atoms with E-state index in [1.54, 1.807) is 0 Å². The normalized spacial score (nSPS) is 47.2. The molecule has 3 nitrogen and oxygen atoms in total. The fourth-order valence-electron chi connectivity index (χ4n) is 3.98. The van der Waals surface area contributed by atoms with Gasteiger partial charge in [0.05, 0.1) is 5.60 Å². The molecule has 3 rings (SSSR count). The summed E-state index contributed by atoms with van der Waals surface area (Å²) in [4.78, 5) is 11.6. The molecule has 3 aliphatic rings. The number of aliphatic hydroxyl groups is 1. The average Bonchev–Trinajstić information content (AvgIpc) is 2.51. The molecule has 2 aliphatic carbocycles. The van der Waals surface area contributed by atoms with E-state index in [-0.39, 0.29) is 23.4 Å². The molecular formula is C15H20O3. The van der Waals surface area contributed by atoms with Gasteiger partial charge in [0.2, 0.25) is 0 Å². The van der Waals surface area contributed by atoms with Crippen molar-refractivity contribution in [1.82, 2.24) is 0 Å². The maximum absolute atomic E-state index is 11.6. The summed E-state index contributed by atoms with van der Waals surface area (Å²) in [6.45, 7) is 7.89. The quantitative estimate of drug-likeness (QED) is 0.406. The highest BCUT2D eigenvalue weighted by Gasteiger charge is 2.52. The van der Waals surface area contributed by atoms with E-state index in [1.165, 1.54) is 0 Å². The van der Waals surface area contributed by atoms with Crippen LogP contribution in [0.5, 0.6) is 0 Å². The molecule has 0 spiro atoms. The number of carbonyl (C=O) groups is 1. The third-order valence-electron chi connectivity index (χ3n) is 4.94. The van der Waals surface area contributed by atoms with Crippen LogP contribution in [0.4, 0.5) is 0 Å². The van der Waals surface area contributed by atoms with Crippen molar-refractivity contribution in [1.29, 1.82) is 0 Å². The third-order valence-corrected chi connectivity index (χ3v) is 4.94. The van der Waals surface area contributed by atoms with Gasteiger partial charge in [0.25, 0.3) is 0 Å². The molecule has 1 aliphatic heterocycles. The summed E-state index contributed by atoms with van der Waals surface area (Å²) in [5.74, 6) is -0.311. The van der Waals surface area contributed by atoms with E-state index >= 15 is 0 Å². The lowest BCUT2D eigenvalue weighted by atomic mass is 9.58. The van der Waals surface area contributed by atoms with Gasteiger partial charge >= 0.3 is 5.97 Å². The first kappa shape index (κ1) is 12.0. The molecular weight excluding hydrogens is 228 g/mol. The lowest BCUT2D eigenvalue weighted by Gasteiger charge is -2.49. The summed E-state index contributed by atoms with van der Waals surface area (Å²) in [7, 11) is 0. The summed E-state index contributed by atoms with van der Waals surface area (Å²) in [6, 6.07) is 0. The SMILES string of the molecule is C=C1C(=O)OC2CC3(C)CCCC(C)(O)C3=CC12. The summed E-state index contributed by atoms with van der Waals surface area (Å²) in [5, 5.41) is 10.6. The van der Waals surface area contributed by atoms with E-state index in [9.17, 15) is 9.90 Å². The van der Waals surface area contributed by atoms with E-state index < -0.39 is 5.60 Å². The van der Waals surface area contributed by atoms with Crippen LogP contribution in [0.3, 0.4) is 0 Å². The molecule has 0 radical (unpaired) electrons. The molecule has 1 heterocycles. The molecule has 2 fully saturated rings. The van der Waals surface area contributed by atoms with E-state index in [2.05, 4.69) is 19.6 Å². The Kier molecular flexibility index (Phi) is 2.31. The van der Waals surface area contributed by atoms with Gasteiger partial charge in [0, 0.05) is 11.5 Å². The van der Waals surface area contributed by atoms with Crippen molar-refractivity contribution in [2.45, 2.75) is 51.2 Å². The zero-order chi connectivity index (χ0) is 13.1. The van der Waals surface area contributed by atoms with Gasteiger partial charge in [-0.2, -0.15) is 0 Å². The minimum Gasteiger partial charge on any atom is -0.458 e. The number of carbonyl (C=O) groups excluding carboxylic acids is 1. The Hall–Kier alpha value is -1.09. The Morgan fingerprint density at radius 3 is 2.89 bits per heavy atom. The fourth-order valence-corrected chi connectivity index (χ4v) is 3.98. The van der Waals surface area contributed by atoms with Crippen molar-refractivity contribution in [2.24, 2.45) is 11.3 Å².